The van der Waals surface area contributed by atoms with Gasteiger partial charge in [0.05, 0.1) is 5.92 Å². The number of rotatable bonds is 7. The second-order valence-electron chi connectivity index (χ2n) is 4.98. The summed E-state index contributed by atoms with van der Waals surface area (Å²) in [4.78, 5) is 23.4. The Balaban J connectivity index is 2.51. The van der Waals surface area contributed by atoms with Crippen molar-refractivity contribution in [3.05, 3.63) is 0 Å². The molecule has 0 aromatic carbocycles. The van der Waals surface area contributed by atoms with E-state index in [4.69, 9.17) is 5.11 Å². The Kier molecular flexibility index (Phi) is 5.64. The molecule has 0 saturated heterocycles. The molecule has 1 unspecified atom stereocenters. The Morgan fingerprint density at radius 2 is 2.00 bits per heavy atom. The zero-order chi connectivity index (χ0) is 15.3. The first-order valence-electron chi connectivity index (χ1n) is 6.58. The summed E-state index contributed by atoms with van der Waals surface area (Å²) < 4.78 is 37.2. The van der Waals surface area contributed by atoms with Crippen molar-refractivity contribution in [2.45, 2.75) is 44.8 Å². The van der Waals surface area contributed by atoms with Crippen molar-refractivity contribution in [3.8, 4) is 0 Å². The lowest BCUT2D eigenvalue weighted by Crippen LogP contribution is -2.47. The predicted molar refractivity (Wildman–Crippen MR) is 65.2 cm³/mol. The predicted octanol–water partition coefficient (Wildman–Crippen LogP) is 2.22. The van der Waals surface area contributed by atoms with Gasteiger partial charge in [0.15, 0.2) is 0 Å². The Bertz CT molecular complexity index is 356. The molecule has 1 atom stereocenters. The maximum atomic E-state index is 12.4. The van der Waals surface area contributed by atoms with Crippen LogP contribution in [0.5, 0.6) is 0 Å². The summed E-state index contributed by atoms with van der Waals surface area (Å²) in [5.41, 5.74) is 0. The van der Waals surface area contributed by atoms with Gasteiger partial charge in [-0.05, 0) is 19.3 Å². The first-order valence-corrected chi connectivity index (χ1v) is 6.58. The van der Waals surface area contributed by atoms with Gasteiger partial charge in [-0.2, -0.15) is 13.2 Å². The summed E-state index contributed by atoms with van der Waals surface area (Å²) in [7, 11) is 0. The van der Waals surface area contributed by atoms with Crippen LogP contribution in [0.15, 0.2) is 0 Å². The number of carboxylic acids is 1. The maximum absolute atomic E-state index is 12.4. The molecule has 5 nitrogen and oxygen atoms in total. The third-order valence-electron chi connectivity index (χ3n) is 3.08. The average Bonchev–Trinajstić information content (AvgIpc) is 3.13. The molecule has 1 rings (SSSR count). The Morgan fingerprint density at radius 1 is 1.40 bits per heavy atom. The van der Waals surface area contributed by atoms with Gasteiger partial charge in [0.1, 0.15) is 6.54 Å². The minimum absolute atomic E-state index is 0.150. The van der Waals surface area contributed by atoms with Crippen LogP contribution < -0.4 is 5.32 Å². The van der Waals surface area contributed by atoms with E-state index in [-0.39, 0.29) is 12.6 Å². The van der Waals surface area contributed by atoms with E-state index in [0.717, 1.165) is 4.90 Å². The number of carbonyl (C=O) groups is 2. The summed E-state index contributed by atoms with van der Waals surface area (Å²) in [6.45, 7) is 0.357. The van der Waals surface area contributed by atoms with E-state index >= 15 is 0 Å². The number of carboxylic acid groups (broad SMARTS) is 1. The van der Waals surface area contributed by atoms with Crippen LogP contribution in [0, 0.1) is 5.92 Å². The summed E-state index contributed by atoms with van der Waals surface area (Å²) >= 11 is 0. The highest BCUT2D eigenvalue weighted by Gasteiger charge is 2.40. The van der Waals surface area contributed by atoms with Gasteiger partial charge in [-0.15, -0.1) is 0 Å². The van der Waals surface area contributed by atoms with Crippen LogP contribution in [0.3, 0.4) is 0 Å². The number of hydrogen-bond donors (Lipinski definition) is 2. The van der Waals surface area contributed by atoms with Gasteiger partial charge in [-0.3, -0.25) is 4.79 Å². The molecule has 1 aliphatic rings. The molecule has 116 valence electrons. The molecule has 8 heteroatoms. The molecule has 2 N–H and O–H groups in total. The number of carbonyl (C=O) groups excluding carboxylic acids is 1. The third kappa shape index (κ3) is 5.66. The van der Waals surface area contributed by atoms with Crippen molar-refractivity contribution in [2.24, 2.45) is 5.92 Å². The number of amides is 2. The van der Waals surface area contributed by atoms with E-state index in [0.29, 0.717) is 25.7 Å². The SMILES string of the molecule is CCCC(CNC(=O)N(CC(F)(F)F)C1CC1)C(=O)O. The van der Waals surface area contributed by atoms with Crippen molar-refractivity contribution in [1.82, 2.24) is 10.2 Å². The van der Waals surface area contributed by atoms with Crippen molar-refractivity contribution in [3.63, 3.8) is 0 Å². The van der Waals surface area contributed by atoms with Crippen molar-refractivity contribution in [2.75, 3.05) is 13.1 Å². The van der Waals surface area contributed by atoms with Crippen molar-refractivity contribution >= 4 is 12.0 Å². The highest BCUT2D eigenvalue weighted by Crippen LogP contribution is 2.30. The van der Waals surface area contributed by atoms with Gasteiger partial charge in [0.2, 0.25) is 0 Å². The molecule has 20 heavy (non-hydrogen) atoms. The highest BCUT2D eigenvalue weighted by molar-refractivity contribution is 5.76. The molecule has 1 aliphatic carbocycles. The van der Waals surface area contributed by atoms with Crippen LogP contribution in [0.4, 0.5) is 18.0 Å². The lowest BCUT2D eigenvalue weighted by molar-refractivity contribution is -0.143. The van der Waals surface area contributed by atoms with E-state index in [2.05, 4.69) is 5.32 Å². The zero-order valence-electron chi connectivity index (χ0n) is 11.2. The molecule has 0 aromatic rings. The van der Waals surface area contributed by atoms with Crippen LogP contribution >= 0.6 is 0 Å². The Hall–Kier alpha value is -1.47. The third-order valence-corrected chi connectivity index (χ3v) is 3.08. The van der Waals surface area contributed by atoms with Crippen LogP contribution in [0.2, 0.25) is 0 Å². The number of aliphatic carboxylic acids is 1. The number of halogens is 3. The molecule has 1 fully saturated rings. The first kappa shape index (κ1) is 16.6. The minimum Gasteiger partial charge on any atom is -0.481 e. The fourth-order valence-electron chi connectivity index (χ4n) is 1.92. The summed E-state index contributed by atoms with van der Waals surface area (Å²) in [5, 5.41) is 11.2. The number of nitrogens with one attached hydrogen (secondary N) is 1. The van der Waals surface area contributed by atoms with E-state index < -0.39 is 30.6 Å². The van der Waals surface area contributed by atoms with Gasteiger partial charge in [-0.1, -0.05) is 13.3 Å². The van der Waals surface area contributed by atoms with E-state index in [1.54, 1.807) is 6.92 Å². The monoisotopic (exact) mass is 296 g/mol. The molecule has 0 bridgehead atoms. The van der Waals surface area contributed by atoms with E-state index in [9.17, 15) is 22.8 Å². The molecular formula is C12H19F3N2O3. The molecule has 0 aliphatic heterocycles. The summed E-state index contributed by atoms with van der Waals surface area (Å²) in [5.74, 6) is -1.82. The topological polar surface area (TPSA) is 69.6 Å². The smallest absolute Gasteiger partial charge is 0.406 e. The highest BCUT2D eigenvalue weighted by atomic mass is 19.4. The number of alkyl halides is 3. The molecule has 1 saturated carbocycles. The summed E-state index contributed by atoms with van der Waals surface area (Å²) in [6, 6.07) is -1.22. The standard InChI is InChI=1S/C12H19F3N2O3/c1-2-3-8(10(18)19)6-16-11(20)17(9-4-5-9)7-12(13,14)15/h8-9H,2-7H2,1H3,(H,16,20)(H,18,19). The van der Waals surface area contributed by atoms with Crippen molar-refractivity contribution in [1.29, 1.82) is 0 Å². The lowest BCUT2D eigenvalue weighted by atomic mass is 10.0. The van der Waals surface area contributed by atoms with Gasteiger partial charge < -0.3 is 15.3 Å². The molecule has 0 radical (unpaired) electrons. The Morgan fingerprint density at radius 3 is 2.40 bits per heavy atom. The van der Waals surface area contributed by atoms with Crippen LogP contribution in [-0.2, 0) is 4.79 Å². The lowest BCUT2D eigenvalue weighted by Gasteiger charge is -2.24. The molecule has 2 amide bonds. The first-order chi connectivity index (χ1) is 9.24. The average molecular weight is 296 g/mol. The van der Waals surface area contributed by atoms with Gasteiger partial charge in [0.25, 0.3) is 0 Å². The second-order valence-corrected chi connectivity index (χ2v) is 4.98. The quantitative estimate of drug-likeness (QED) is 0.757. The van der Waals surface area contributed by atoms with Crippen LogP contribution in [0.25, 0.3) is 0 Å². The van der Waals surface area contributed by atoms with Gasteiger partial charge in [-0.25, -0.2) is 4.79 Å². The fraction of sp³-hybridized carbons (Fsp3) is 0.833. The molecule has 0 heterocycles. The van der Waals surface area contributed by atoms with Gasteiger partial charge >= 0.3 is 18.2 Å². The number of hydrogen-bond acceptors (Lipinski definition) is 2. The minimum atomic E-state index is -4.45. The van der Waals surface area contributed by atoms with Crippen LogP contribution in [0.1, 0.15) is 32.6 Å². The fourth-order valence-corrected chi connectivity index (χ4v) is 1.92. The van der Waals surface area contributed by atoms with E-state index in [1.165, 1.54) is 0 Å². The maximum Gasteiger partial charge on any atom is 0.406 e. The molecule has 0 aromatic heterocycles. The van der Waals surface area contributed by atoms with Crippen LogP contribution in [-0.4, -0.2) is 47.3 Å². The normalized spacial score (nSPS) is 16.6. The second kappa shape index (κ2) is 6.81. The number of nitrogens with zero attached hydrogens (tertiary/aromatic N) is 1. The van der Waals surface area contributed by atoms with E-state index in [1.807, 2.05) is 0 Å². The Labute approximate surface area is 115 Å². The summed E-state index contributed by atoms with van der Waals surface area (Å²) in [6.07, 6.45) is -2.34. The van der Waals surface area contributed by atoms with Gasteiger partial charge in [0, 0.05) is 12.6 Å². The molecule has 0 spiro atoms. The zero-order valence-corrected chi connectivity index (χ0v) is 11.2. The van der Waals surface area contributed by atoms with Crippen molar-refractivity contribution < 1.29 is 27.9 Å². The number of urea groups is 1. The molecular weight excluding hydrogens is 277 g/mol. The largest absolute Gasteiger partial charge is 0.481 e.